The number of hydrogen-bond donors (Lipinski definition) is 1. The molecule has 1 amide bonds. The second-order valence-electron chi connectivity index (χ2n) is 5.90. The number of imidazole rings is 1. The molecule has 1 heterocycles. The van der Waals surface area contributed by atoms with Crippen molar-refractivity contribution in [1.82, 2.24) is 14.9 Å². The summed E-state index contributed by atoms with van der Waals surface area (Å²) in [5, 5.41) is 2.58. The van der Waals surface area contributed by atoms with Crippen molar-refractivity contribution >= 4 is 5.91 Å². The van der Waals surface area contributed by atoms with Gasteiger partial charge in [-0.25, -0.2) is 9.37 Å². The van der Waals surface area contributed by atoms with Crippen LogP contribution < -0.4 is 5.32 Å². The number of aromatic nitrogens is 2. The van der Waals surface area contributed by atoms with Crippen LogP contribution in [0, 0.1) is 5.82 Å². The lowest BCUT2D eigenvalue weighted by Crippen LogP contribution is -2.32. The number of halogens is 4. The van der Waals surface area contributed by atoms with Crippen LogP contribution in [0.15, 0.2) is 60.9 Å². The number of aryl methyl sites for hydroxylation is 1. The summed E-state index contributed by atoms with van der Waals surface area (Å²) in [5.41, 5.74) is -1.03. The van der Waals surface area contributed by atoms with E-state index < -0.39 is 35.1 Å². The first kappa shape index (κ1) is 18.6. The summed E-state index contributed by atoms with van der Waals surface area (Å²) in [6.45, 7) is 0. The van der Waals surface area contributed by atoms with Crippen LogP contribution in [0.2, 0.25) is 0 Å². The van der Waals surface area contributed by atoms with Crippen LogP contribution >= 0.6 is 0 Å². The Kier molecular flexibility index (Phi) is 4.98. The highest BCUT2D eigenvalue weighted by Crippen LogP contribution is 2.32. The van der Waals surface area contributed by atoms with Crippen LogP contribution in [0.3, 0.4) is 0 Å². The van der Waals surface area contributed by atoms with Crippen molar-refractivity contribution in [3.63, 3.8) is 0 Å². The molecule has 3 rings (SSSR count). The van der Waals surface area contributed by atoms with E-state index in [9.17, 15) is 22.4 Å². The molecule has 0 saturated carbocycles. The maximum Gasteiger partial charge on any atom is 0.417 e. The third kappa shape index (κ3) is 3.99. The van der Waals surface area contributed by atoms with Crippen molar-refractivity contribution in [3.8, 4) is 0 Å². The van der Waals surface area contributed by atoms with Crippen molar-refractivity contribution in [1.29, 1.82) is 0 Å². The highest BCUT2D eigenvalue weighted by molar-refractivity contribution is 5.96. The highest BCUT2D eigenvalue weighted by Gasteiger charge is 2.35. The molecule has 8 heteroatoms. The molecule has 0 aliphatic rings. The zero-order chi connectivity index (χ0) is 19.6. The van der Waals surface area contributed by atoms with E-state index in [1.54, 1.807) is 17.8 Å². The number of hydrogen-bond acceptors (Lipinski definition) is 2. The number of carbonyl (C=O) groups excluding carboxylic acids is 1. The van der Waals surface area contributed by atoms with Gasteiger partial charge in [-0.1, -0.05) is 24.3 Å². The summed E-state index contributed by atoms with van der Waals surface area (Å²) < 4.78 is 54.5. The number of carbonyl (C=O) groups is 1. The minimum atomic E-state index is -4.66. The molecule has 0 saturated heterocycles. The zero-order valence-electron chi connectivity index (χ0n) is 14.2. The standard InChI is InChI=1S/C19H15F4N3O/c1-26-11-10-24-17(26)16(12-6-8-13(20)9-7-12)25-18(27)14-4-2-3-5-15(14)19(21,22)23/h2-11,16H,1H3,(H,25,27)/t16-/m0/s1. The largest absolute Gasteiger partial charge is 0.417 e. The Bertz CT molecular complexity index is 948. The minimum absolute atomic E-state index is 0.402. The molecular weight excluding hydrogens is 362 g/mol. The fourth-order valence-electron chi connectivity index (χ4n) is 2.74. The summed E-state index contributed by atoms with van der Waals surface area (Å²) in [6, 6.07) is 9.01. The number of nitrogens with zero attached hydrogens (tertiary/aromatic N) is 2. The molecule has 0 aliphatic heterocycles. The first-order valence-corrected chi connectivity index (χ1v) is 7.97. The predicted molar refractivity (Wildman–Crippen MR) is 90.4 cm³/mol. The SMILES string of the molecule is Cn1ccnc1[C@@H](NC(=O)c1ccccc1C(F)(F)F)c1ccc(F)cc1. The van der Waals surface area contributed by atoms with Crippen LogP contribution in [-0.4, -0.2) is 15.5 Å². The Morgan fingerprint density at radius 1 is 1.11 bits per heavy atom. The molecule has 4 nitrogen and oxygen atoms in total. The molecule has 27 heavy (non-hydrogen) atoms. The summed E-state index contributed by atoms with van der Waals surface area (Å²) in [4.78, 5) is 16.8. The fraction of sp³-hybridized carbons (Fsp3) is 0.158. The van der Waals surface area contributed by atoms with Gasteiger partial charge in [0.1, 0.15) is 17.7 Å². The highest BCUT2D eigenvalue weighted by atomic mass is 19.4. The van der Waals surface area contributed by atoms with Gasteiger partial charge in [-0.2, -0.15) is 13.2 Å². The van der Waals surface area contributed by atoms with Crippen molar-refractivity contribution in [3.05, 3.63) is 89.3 Å². The van der Waals surface area contributed by atoms with Gasteiger partial charge in [-0.3, -0.25) is 4.79 Å². The Balaban J connectivity index is 2.00. The lowest BCUT2D eigenvalue weighted by atomic mass is 10.0. The molecule has 140 valence electrons. The van der Waals surface area contributed by atoms with Crippen molar-refractivity contribution in [2.75, 3.05) is 0 Å². The van der Waals surface area contributed by atoms with E-state index in [1.807, 2.05) is 0 Å². The second-order valence-corrected chi connectivity index (χ2v) is 5.90. The molecule has 2 aromatic carbocycles. The first-order chi connectivity index (χ1) is 12.8. The van der Waals surface area contributed by atoms with E-state index in [0.29, 0.717) is 11.4 Å². The summed E-state index contributed by atoms with van der Waals surface area (Å²) in [5.74, 6) is -0.967. The molecule has 0 unspecified atom stereocenters. The van der Waals surface area contributed by atoms with E-state index >= 15 is 0 Å². The van der Waals surface area contributed by atoms with E-state index in [1.165, 1.54) is 42.6 Å². The van der Waals surface area contributed by atoms with Gasteiger partial charge in [0.05, 0.1) is 11.1 Å². The number of benzene rings is 2. The van der Waals surface area contributed by atoms with Gasteiger partial charge < -0.3 is 9.88 Å². The third-order valence-corrected chi connectivity index (χ3v) is 4.07. The number of amides is 1. The summed E-state index contributed by atoms with van der Waals surface area (Å²) in [6.07, 6.45) is -1.52. The number of alkyl halides is 3. The van der Waals surface area contributed by atoms with E-state index in [-0.39, 0.29) is 0 Å². The van der Waals surface area contributed by atoms with Crippen LogP contribution in [0.5, 0.6) is 0 Å². The Labute approximate surface area is 152 Å². The molecule has 0 bridgehead atoms. The van der Waals surface area contributed by atoms with Gasteiger partial charge in [0.2, 0.25) is 0 Å². The lowest BCUT2D eigenvalue weighted by molar-refractivity contribution is -0.137. The Morgan fingerprint density at radius 2 is 1.78 bits per heavy atom. The molecule has 0 radical (unpaired) electrons. The third-order valence-electron chi connectivity index (χ3n) is 4.07. The van der Waals surface area contributed by atoms with Gasteiger partial charge in [-0.05, 0) is 29.8 Å². The average Bonchev–Trinajstić information content (AvgIpc) is 3.05. The Hall–Kier alpha value is -3.16. The van der Waals surface area contributed by atoms with Crippen molar-refractivity contribution in [2.45, 2.75) is 12.2 Å². The molecule has 1 N–H and O–H groups in total. The molecule has 1 atom stereocenters. The summed E-state index contributed by atoms with van der Waals surface area (Å²) >= 11 is 0. The van der Waals surface area contributed by atoms with E-state index in [4.69, 9.17) is 0 Å². The van der Waals surface area contributed by atoms with Crippen molar-refractivity contribution < 1.29 is 22.4 Å². The molecule has 0 fully saturated rings. The number of nitrogens with one attached hydrogen (secondary N) is 1. The smallest absolute Gasteiger partial charge is 0.338 e. The van der Waals surface area contributed by atoms with Crippen molar-refractivity contribution in [2.24, 2.45) is 7.05 Å². The van der Waals surface area contributed by atoms with Crippen LogP contribution in [0.1, 0.15) is 33.4 Å². The van der Waals surface area contributed by atoms with Gasteiger partial charge in [0.15, 0.2) is 0 Å². The maximum absolute atomic E-state index is 13.3. The van der Waals surface area contributed by atoms with Crippen LogP contribution in [0.4, 0.5) is 17.6 Å². The Morgan fingerprint density at radius 3 is 2.37 bits per heavy atom. The molecule has 0 aliphatic carbocycles. The van der Waals surface area contributed by atoms with Crippen LogP contribution in [0.25, 0.3) is 0 Å². The molecule has 3 aromatic rings. The molecule has 0 spiro atoms. The summed E-state index contributed by atoms with van der Waals surface area (Å²) in [7, 11) is 1.69. The molecular formula is C19H15F4N3O. The van der Waals surface area contributed by atoms with E-state index in [0.717, 1.165) is 12.1 Å². The quantitative estimate of drug-likeness (QED) is 0.696. The molecule has 1 aromatic heterocycles. The van der Waals surface area contributed by atoms with Gasteiger partial charge in [0.25, 0.3) is 5.91 Å². The zero-order valence-corrected chi connectivity index (χ0v) is 14.2. The average molecular weight is 377 g/mol. The monoisotopic (exact) mass is 377 g/mol. The van der Waals surface area contributed by atoms with Crippen LogP contribution in [-0.2, 0) is 13.2 Å². The second kappa shape index (κ2) is 7.22. The first-order valence-electron chi connectivity index (χ1n) is 7.97. The lowest BCUT2D eigenvalue weighted by Gasteiger charge is -2.20. The van der Waals surface area contributed by atoms with E-state index in [2.05, 4.69) is 10.3 Å². The van der Waals surface area contributed by atoms with Gasteiger partial charge in [-0.15, -0.1) is 0 Å². The minimum Gasteiger partial charge on any atom is -0.338 e. The topological polar surface area (TPSA) is 46.9 Å². The van der Waals surface area contributed by atoms with Gasteiger partial charge in [0, 0.05) is 19.4 Å². The van der Waals surface area contributed by atoms with Gasteiger partial charge >= 0.3 is 6.18 Å². The predicted octanol–water partition coefficient (Wildman–Crippen LogP) is 4.10. The normalized spacial score (nSPS) is 12.6. The fourth-order valence-corrected chi connectivity index (χ4v) is 2.74. The number of rotatable bonds is 4. The maximum atomic E-state index is 13.3.